The van der Waals surface area contributed by atoms with Gasteiger partial charge in [-0.25, -0.2) is 4.79 Å². The van der Waals surface area contributed by atoms with Gasteiger partial charge in [0.2, 0.25) is 0 Å². The molecule has 20 heavy (non-hydrogen) atoms. The maximum atomic E-state index is 13.2. The fourth-order valence-corrected chi connectivity index (χ4v) is 1.21. The van der Waals surface area contributed by atoms with Crippen molar-refractivity contribution >= 4 is 6.09 Å². The van der Waals surface area contributed by atoms with Crippen LogP contribution < -0.4 is 0 Å². The van der Waals surface area contributed by atoms with Gasteiger partial charge in [0.15, 0.2) is 0 Å². The van der Waals surface area contributed by atoms with Crippen LogP contribution in [0.25, 0.3) is 0 Å². The monoisotopic (exact) mass is 294 g/mol. The first-order chi connectivity index (χ1) is 16.5. The van der Waals surface area contributed by atoms with Crippen LogP contribution in [0.1, 0.15) is 50.9 Å². The van der Waals surface area contributed by atoms with Crippen molar-refractivity contribution in [1.82, 2.24) is 9.80 Å². The van der Waals surface area contributed by atoms with Crippen LogP contribution in [-0.2, 0) is 11.3 Å². The van der Waals surface area contributed by atoms with Gasteiger partial charge in [0.25, 0.3) is 0 Å². The highest BCUT2D eigenvalue weighted by Gasteiger charge is 2.28. The first-order valence-electron chi connectivity index (χ1n) is 14.5. The van der Waals surface area contributed by atoms with E-state index in [9.17, 15) is 4.79 Å². The molecule has 1 aliphatic heterocycles. The Morgan fingerprint density at radius 1 is 1.65 bits per heavy atom. The Kier molecular flexibility index (Phi) is 1.35. The SMILES string of the molecule is [2H]c1c([2H])c([2H])c(C([2H])([2H])OC(=O)N2C([2H])([2H])C([2H])([2H])N(C([2H])(C)C)[C@@]([2H])(C([2H])([2H])[2H])C2([2H])[2H])c([2H])c1[2H]. The maximum absolute atomic E-state index is 13.2. The third-order valence-corrected chi connectivity index (χ3v) is 2.09. The summed E-state index contributed by atoms with van der Waals surface area (Å²) >= 11 is 0. The molecule has 110 valence electrons. The topological polar surface area (TPSA) is 32.8 Å². The molecule has 1 amide bonds. The molecule has 1 saturated heterocycles. The molecule has 0 aliphatic carbocycles. The molecule has 2 rings (SSSR count). The molecule has 0 N–H and O–H groups in total. The number of nitrogens with zero attached hydrogens (tertiary/aromatic N) is 2. The minimum absolute atomic E-state index is 0.187. The van der Waals surface area contributed by atoms with Gasteiger partial charge in [0, 0.05) is 41.1 Å². The number of rotatable bonds is 3. The maximum Gasteiger partial charge on any atom is 0.410 e. The molecule has 0 saturated carbocycles. The molecule has 0 radical (unpaired) electrons. The lowest BCUT2D eigenvalue weighted by Crippen LogP contribution is -2.55. The van der Waals surface area contributed by atoms with Gasteiger partial charge in [0.1, 0.15) is 6.56 Å². The fraction of sp³-hybridized carbons (Fsp3) is 0.562. The molecule has 0 spiro atoms. The number of amides is 1. The Bertz CT molecular complexity index is 1110. The van der Waals surface area contributed by atoms with Crippen molar-refractivity contribution in [3.8, 4) is 0 Å². The van der Waals surface area contributed by atoms with Crippen LogP contribution in [0.4, 0.5) is 4.79 Å². The summed E-state index contributed by atoms with van der Waals surface area (Å²) < 4.78 is 149. The van der Waals surface area contributed by atoms with E-state index in [4.69, 9.17) is 24.7 Å². The minimum Gasteiger partial charge on any atom is -0.445 e. The molecular weight excluding hydrogens is 252 g/mol. The molecule has 0 unspecified atom stereocenters. The minimum atomic E-state index is -4.04. The van der Waals surface area contributed by atoms with E-state index in [0.29, 0.717) is 0 Å². The quantitative estimate of drug-likeness (QED) is 0.859. The van der Waals surface area contributed by atoms with E-state index in [2.05, 4.69) is 4.74 Å². The standard InChI is InChI=1S/C16H24N2O2/c1-13(2)18-10-9-17(11-14(18)3)16(19)20-12-15-7-5-4-6-8-15/h4-8,13-14H,9-12H2,1-3H3/t14-/m0/s1/i3D3,4D,5D,6D,7D,8D,9D2,10D2,11D2,12D2,13D,14D. The second-order valence-electron chi connectivity index (χ2n) is 3.77. The van der Waals surface area contributed by atoms with Crippen LogP contribution in [0.2, 0.25) is 0 Å². The van der Waals surface area contributed by atoms with E-state index < -0.39 is 91.7 Å². The Balaban J connectivity index is 2.82. The fourth-order valence-electron chi connectivity index (χ4n) is 1.21. The highest BCUT2D eigenvalue weighted by atomic mass is 16.6. The molecule has 0 bridgehead atoms. The van der Waals surface area contributed by atoms with Gasteiger partial charge in [0.05, 0.1) is 15.1 Å². The highest BCUT2D eigenvalue weighted by Crippen LogP contribution is 2.14. The Morgan fingerprint density at radius 2 is 2.40 bits per heavy atom. The van der Waals surface area contributed by atoms with Gasteiger partial charge < -0.3 is 9.64 Å². The van der Waals surface area contributed by atoms with E-state index >= 15 is 0 Å². The Hall–Kier alpha value is -1.55. The van der Waals surface area contributed by atoms with Crippen molar-refractivity contribution in [2.45, 2.75) is 39.3 Å². The number of benzene rings is 1. The van der Waals surface area contributed by atoms with E-state index in [-0.39, 0.29) is 4.90 Å². The lowest BCUT2D eigenvalue weighted by atomic mass is 10.1. The molecule has 1 atom stereocenters. The van der Waals surface area contributed by atoms with Gasteiger partial charge in [-0.05, 0) is 26.3 Å². The number of hydrogen-bond acceptors (Lipinski definition) is 3. The van der Waals surface area contributed by atoms with Crippen LogP contribution in [0.5, 0.6) is 0 Å². The zero-order valence-electron chi connectivity index (χ0n) is 28.7. The van der Waals surface area contributed by atoms with E-state index in [1.807, 2.05) is 0 Å². The normalized spacial score (nSPS) is 46.4. The summed E-state index contributed by atoms with van der Waals surface area (Å²) in [6, 6.07) is -11.6. The summed E-state index contributed by atoms with van der Waals surface area (Å²) in [6.45, 7) is -17.5. The summed E-state index contributed by atoms with van der Waals surface area (Å²) in [7, 11) is 0. The van der Waals surface area contributed by atoms with Crippen LogP contribution in [0.3, 0.4) is 0 Å². The molecule has 1 heterocycles. The van der Waals surface area contributed by atoms with Crippen molar-refractivity contribution < 1.29 is 34.2 Å². The Labute approximate surface area is 146 Å². The van der Waals surface area contributed by atoms with Crippen LogP contribution in [0, 0.1) is 0 Å². The predicted octanol–water partition coefficient (Wildman–Crippen LogP) is 2.74. The van der Waals surface area contributed by atoms with Gasteiger partial charge in [-0.15, -0.1) is 0 Å². The smallest absolute Gasteiger partial charge is 0.410 e. The zero-order valence-corrected chi connectivity index (χ0v) is 10.7. The van der Waals surface area contributed by atoms with Crippen molar-refractivity contribution in [1.29, 1.82) is 0 Å². The van der Waals surface area contributed by atoms with Gasteiger partial charge in [-0.2, -0.15) is 0 Å². The van der Waals surface area contributed by atoms with Crippen LogP contribution in [0.15, 0.2) is 30.2 Å². The van der Waals surface area contributed by atoms with Crippen molar-refractivity contribution in [2.75, 3.05) is 19.5 Å². The zero-order chi connectivity index (χ0) is 30.4. The lowest BCUT2D eigenvalue weighted by Gasteiger charge is -2.41. The average molecular weight is 294 g/mol. The van der Waals surface area contributed by atoms with Crippen molar-refractivity contribution in [2.24, 2.45) is 0 Å². The first kappa shape index (κ1) is 4.01. The molecule has 1 aromatic rings. The number of ether oxygens (including phenoxy) is 1. The number of hydrogen-bond donors (Lipinski definition) is 0. The summed E-state index contributed by atoms with van der Waals surface area (Å²) in [4.78, 5) is 12.2. The summed E-state index contributed by atoms with van der Waals surface area (Å²) in [5.41, 5.74) is -1.24. The largest absolute Gasteiger partial charge is 0.445 e. The van der Waals surface area contributed by atoms with Gasteiger partial charge >= 0.3 is 6.09 Å². The molecule has 4 nitrogen and oxygen atoms in total. The third-order valence-electron chi connectivity index (χ3n) is 2.09. The van der Waals surface area contributed by atoms with Crippen LogP contribution >= 0.6 is 0 Å². The molecule has 1 fully saturated rings. The lowest BCUT2D eigenvalue weighted by molar-refractivity contribution is 0.0397. The molecule has 4 heteroatoms. The van der Waals surface area contributed by atoms with Crippen molar-refractivity contribution in [3.05, 3.63) is 35.8 Å². The highest BCUT2D eigenvalue weighted by molar-refractivity contribution is 5.67. The second kappa shape index (κ2) is 6.75. The number of carbonyl (C=O) groups excluding carboxylic acids is 1. The van der Waals surface area contributed by atoms with E-state index in [1.54, 1.807) is 0 Å². The predicted molar refractivity (Wildman–Crippen MR) is 79.5 cm³/mol. The number of carbonyl (C=O) groups is 1. The summed E-state index contributed by atoms with van der Waals surface area (Å²) in [5, 5.41) is 0. The average Bonchev–Trinajstić information content (AvgIpc) is 2.66. The summed E-state index contributed by atoms with van der Waals surface area (Å²) in [6.07, 6.45) is -2.39. The van der Waals surface area contributed by atoms with E-state index in [0.717, 1.165) is 13.8 Å². The van der Waals surface area contributed by atoms with E-state index in [1.165, 1.54) is 0 Å². The third kappa shape index (κ3) is 3.73. The first-order valence-corrected chi connectivity index (χ1v) is 5.45. The van der Waals surface area contributed by atoms with Gasteiger partial charge in [-0.1, -0.05) is 30.2 Å². The molecular formula is C16H24N2O2. The van der Waals surface area contributed by atoms with Crippen molar-refractivity contribution in [3.63, 3.8) is 0 Å². The second-order valence-corrected chi connectivity index (χ2v) is 3.77. The molecule has 0 aromatic heterocycles. The molecule has 1 aromatic carbocycles. The van der Waals surface area contributed by atoms with Crippen LogP contribution in [-0.4, -0.2) is 47.4 Å². The molecule has 1 aliphatic rings. The van der Waals surface area contributed by atoms with Gasteiger partial charge in [-0.3, -0.25) is 4.90 Å². The number of piperazine rings is 1. The Morgan fingerprint density at radius 3 is 3.05 bits per heavy atom. The summed E-state index contributed by atoms with van der Waals surface area (Å²) in [5.74, 6) is 0.